The topological polar surface area (TPSA) is 88.9 Å². The van der Waals surface area contributed by atoms with Gasteiger partial charge in [0.15, 0.2) is 5.16 Å². The van der Waals surface area contributed by atoms with Gasteiger partial charge in [-0.3, -0.25) is 9.59 Å². The molecule has 0 aliphatic carbocycles. The first-order chi connectivity index (χ1) is 15.3. The molecule has 1 aromatic heterocycles. The average molecular weight is 578 g/mol. The molecule has 0 radical (unpaired) electrons. The Kier molecular flexibility index (Phi) is 8.84. The van der Waals surface area contributed by atoms with Crippen molar-refractivity contribution in [3.8, 4) is 0 Å². The summed E-state index contributed by atoms with van der Waals surface area (Å²) >= 11 is 22.5. The van der Waals surface area contributed by atoms with Crippen LogP contribution < -0.4 is 10.6 Å². The van der Waals surface area contributed by atoms with E-state index in [1.54, 1.807) is 41.0 Å². The quantitative estimate of drug-likeness (QED) is 0.324. The van der Waals surface area contributed by atoms with Gasteiger partial charge in [0, 0.05) is 22.4 Å². The van der Waals surface area contributed by atoms with E-state index in [1.165, 1.54) is 11.8 Å². The Morgan fingerprint density at radius 3 is 2.28 bits per heavy atom. The van der Waals surface area contributed by atoms with E-state index in [-0.39, 0.29) is 24.0 Å². The summed E-state index contributed by atoms with van der Waals surface area (Å²) in [5, 5.41) is 15.6. The number of anilines is 2. The van der Waals surface area contributed by atoms with E-state index in [9.17, 15) is 9.59 Å². The number of hydrogen-bond donors (Lipinski definition) is 2. The molecule has 2 amide bonds. The highest BCUT2D eigenvalue weighted by Gasteiger charge is 2.16. The second-order valence-electron chi connectivity index (χ2n) is 6.46. The summed E-state index contributed by atoms with van der Waals surface area (Å²) in [5.74, 6) is 0.138. The van der Waals surface area contributed by atoms with Crippen molar-refractivity contribution >= 4 is 85.7 Å². The molecule has 0 bridgehead atoms. The number of benzene rings is 2. The maximum absolute atomic E-state index is 12.4. The van der Waals surface area contributed by atoms with Gasteiger partial charge in [-0.25, -0.2) is 0 Å². The van der Waals surface area contributed by atoms with Crippen molar-refractivity contribution in [2.24, 2.45) is 0 Å². The first-order valence-electron chi connectivity index (χ1n) is 9.31. The van der Waals surface area contributed by atoms with Crippen LogP contribution in [0.1, 0.15) is 12.7 Å². The van der Waals surface area contributed by atoms with Gasteiger partial charge in [0.25, 0.3) is 0 Å². The molecule has 0 saturated carbocycles. The normalized spacial score (nSPS) is 10.8. The van der Waals surface area contributed by atoms with Crippen molar-refractivity contribution in [2.45, 2.75) is 25.0 Å². The first-order valence-corrected chi connectivity index (χ1v) is 12.2. The van der Waals surface area contributed by atoms with Crippen LogP contribution >= 0.6 is 62.5 Å². The molecule has 12 heteroatoms. The molecular formula is C20H17BrCl3N5O2S. The van der Waals surface area contributed by atoms with Crippen LogP contribution in [0.15, 0.2) is 46.0 Å². The van der Waals surface area contributed by atoms with Gasteiger partial charge in [-0.2, -0.15) is 0 Å². The highest BCUT2D eigenvalue weighted by molar-refractivity contribution is 9.10. The molecule has 3 rings (SSSR count). The van der Waals surface area contributed by atoms with Crippen LogP contribution in [-0.2, 0) is 22.6 Å². The third kappa shape index (κ3) is 6.62. The molecule has 0 atom stereocenters. The van der Waals surface area contributed by atoms with E-state index in [1.807, 2.05) is 6.92 Å². The van der Waals surface area contributed by atoms with Crippen molar-refractivity contribution in [3.63, 3.8) is 0 Å². The van der Waals surface area contributed by atoms with Gasteiger partial charge in [-0.1, -0.05) is 46.6 Å². The Hall–Kier alpha value is -1.78. The van der Waals surface area contributed by atoms with E-state index >= 15 is 0 Å². The molecule has 0 saturated heterocycles. The molecule has 2 aromatic carbocycles. The van der Waals surface area contributed by atoms with Gasteiger partial charge < -0.3 is 15.2 Å². The average Bonchev–Trinajstić information content (AvgIpc) is 3.13. The largest absolute Gasteiger partial charge is 0.326 e. The number of rotatable bonds is 8. The van der Waals surface area contributed by atoms with Gasteiger partial charge in [0.1, 0.15) is 5.82 Å². The highest BCUT2D eigenvalue weighted by atomic mass is 79.9. The van der Waals surface area contributed by atoms with Crippen molar-refractivity contribution in [2.75, 3.05) is 16.4 Å². The molecule has 32 heavy (non-hydrogen) atoms. The Morgan fingerprint density at radius 2 is 1.62 bits per heavy atom. The van der Waals surface area contributed by atoms with Gasteiger partial charge >= 0.3 is 0 Å². The van der Waals surface area contributed by atoms with Crippen LogP contribution in [-0.4, -0.2) is 32.3 Å². The SMILES string of the molecule is CCn1c(CC(=O)Nc2ccc(Cl)c(Cl)c2)nnc1SCC(=O)Nc1ccc(Br)c(Cl)c1. The van der Waals surface area contributed by atoms with Crippen molar-refractivity contribution < 1.29 is 9.59 Å². The number of nitrogens with one attached hydrogen (secondary N) is 2. The van der Waals surface area contributed by atoms with Crippen LogP contribution in [0, 0.1) is 0 Å². The Labute approximate surface area is 212 Å². The summed E-state index contributed by atoms with van der Waals surface area (Å²) in [7, 11) is 0. The zero-order valence-corrected chi connectivity index (χ0v) is 21.3. The fourth-order valence-corrected chi connectivity index (χ4v) is 4.24. The van der Waals surface area contributed by atoms with Crippen LogP contribution in [0.2, 0.25) is 15.1 Å². The highest BCUT2D eigenvalue weighted by Crippen LogP contribution is 2.27. The molecule has 3 aromatic rings. The molecule has 0 fully saturated rings. The monoisotopic (exact) mass is 575 g/mol. The fraction of sp³-hybridized carbons (Fsp3) is 0.200. The van der Waals surface area contributed by atoms with Crippen LogP contribution in [0.5, 0.6) is 0 Å². The lowest BCUT2D eigenvalue weighted by Crippen LogP contribution is -2.18. The Morgan fingerprint density at radius 1 is 0.969 bits per heavy atom. The molecule has 1 heterocycles. The minimum Gasteiger partial charge on any atom is -0.326 e. The number of thioether (sulfide) groups is 1. The summed E-state index contributed by atoms with van der Waals surface area (Å²) in [5.41, 5.74) is 1.13. The Bertz CT molecular complexity index is 1160. The third-order valence-electron chi connectivity index (χ3n) is 4.17. The molecule has 0 unspecified atom stereocenters. The number of nitrogens with zero attached hydrogens (tertiary/aromatic N) is 3. The van der Waals surface area contributed by atoms with Gasteiger partial charge in [0.2, 0.25) is 11.8 Å². The molecule has 2 N–H and O–H groups in total. The maximum atomic E-state index is 12.4. The number of hydrogen-bond acceptors (Lipinski definition) is 5. The number of halogens is 4. The lowest BCUT2D eigenvalue weighted by molar-refractivity contribution is -0.116. The summed E-state index contributed by atoms with van der Waals surface area (Å²) in [6.07, 6.45) is 0.0191. The Balaban J connectivity index is 1.58. The summed E-state index contributed by atoms with van der Waals surface area (Å²) in [6.45, 7) is 2.46. The lowest BCUT2D eigenvalue weighted by atomic mass is 10.3. The maximum Gasteiger partial charge on any atom is 0.234 e. The van der Waals surface area contributed by atoms with E-state index in [4.69, 9.17) is 34.8 Å². The van der Waals surface area contributed by atoms with E-state index < -0.39 is 0 Å². The number of amides is 2. The minimum absolute atomic E-state index is 0.0191. The molecular weight excluding hydrogens is 561 g/mol. The minimum atomic E-state index is -0.271. The summed E-state index contributed by atoms with van der Waals surface area (Å²) in [4.78, 5) is 24.7. The van der Waals surface area contributed by atoms with Gasteiger partial charge in [-0.05, 0) is 59.3 Å². The predicted octanol–water partition coefficient (Wildman–Crippen LogP) is 5.93. The van der Waals surface area contributed by atoms with Crippen molar-refractivity contribution in [1.82, 2.24) is 14.8 Å². The van der Waals surface area contributed by atoms with E-state index in [0.29, 0.717) is 44.0 Å². The first kappa shape index (κ1) is 24.9. The smallest absolute Gasteiger partial charge is 0.234 e. The summed E-state index contributed by atoms with van der Waals surface area (Å²) in [6, 6.07) is 10.0. The summed E-state index contributed by atoms with van der Waals surface area (Å²) < 4.78 is 2.54. The second-order valence-corrected chi connectivity index (χ2v) is 9.48. The zero-order valence-electron chi connectivity index (χ0n) is 16.7. The predicted molar refractivity (Wildman–Crippen MR) is 133 cm³/mol. The van der Waals surface area contributed by atoms with Crippen molar-refractivity contribution in [3.05, 3.63) is 61.8 Å². The molecule has 168 valence electrons. The van der Waals surface area contributed by atoms with Crippen molar-refractivity contribution in [1.29, 1.82) is 0 Å². The lowest BCUT2D eigenvalue weighted by Gasteiger charge is -2.09. The molecule has 0 spiro atoms. The third-order valence-corrected chi connectivity index (χ3v) is 7.11. The molecule has 0 aliphatic heterocycles. The van der Waals surface area contributed by atoms with Crippen LogP contribution in [0.25, 0.3) is 0 Å². The number of carbonyl (C=O) groups excluding carboxylic acids is 2. The molecule has 7 nitrogen and oxygen atoms in total. The van der Waals surface area contributed by atoms with Gasteiger partial charge in [0.05, 0.1) is 27.2 Å². The van der Waals surface area contributed by atoms with Crippen LogP contribution in [0.3, 0.4) is 0 Å². The van der Waals surface area contributed by atoms with E-state index in [2.05, 4.69) is 36.8 Å². The fourth-order valence-electron chi connectivity index (χ4n) is 2.70. The zero-order chi connectivity index (χ0) is 23.3. The number of aromatic nitrogens is 3. The standard InChI is InChI=1S/C20H17BrCl3N5O2S/c1-2-29-17(9-18(30)25-12-4-6-14(22)16(24)8-12)27-28-20(29)32-10-19(31)26-11-3-5-13(21)15(23)7-11/h3-8H,2,9-10H2,1H3,(H,25,30)(H,26,31). The number of carbonyl (C=O) groups is 2. The van der Waals surface area contributed by atoms with Crippen LogP contribution in [0.4, 0.5) is 11.4 Å². The van der Waals surface area contributed by atoms with Gasteiger partial charge in [-0.15, -0.1) is 10.2 Å². The van der Waals surface area contributed by atoms with E-state index in [0.717, 1.165) is 4.47 Å². The second kappa shape index (κ2) is 11.4. The molecule has 0 aliphatic rings.